The van der Waals surface area contributed by atoms with Gasteiger partial charge in [0.1, 0.15) is 16.5 Å². The van der Waals surface area contributed by atoms with Crippen LogP contribution in [0.1, 0.15) is 51.9 Å². The highest BCUT2D eigenvalue weighted by Gasteiger charge is 2.48. The van der Waals surface area contributed by atoms with Gasteiger partial charge in [-0.2, -0.15) is 0 Å². The maximum Gasteiger partial charge on any atom is 0.350 e. The Morgan fingerprint density at radius 1 is 1.10 bits per heavy atom. The first kappa shape index (κ1) is 27.8. The van der Waals surface area contributed by atoms with Crippen LogP contribution in [0, 0.1) is 19.7 Å². The molecule has 0 bridgehead atoms. The number of amides is 1. The summed E-state index contributed by atoms with van der Waals surface area (Å²) in [4.78, 5) is 45.0. The maximum absolute atomic E-state index is 14.4. The second-order valence-electron chi connectivity index (χ2n) is 8.61. The van der Waals surface area contributed by atoms with Gasteiger partial charge in [0.2, 0.25) is 0 Å². The number of carbonyl (C=O) groups is 3. The van der Waals surface area contributed by atoms with Crippen LogP contribution in [-0.2, 0) is 14.3 Å². The second-order valence-corrected chi connectivity index (χ2v) is 9.59. The number of aryl methyl sites for hydroxylation is 2. The highest BCUT2D eigenvalue weighted by atomic mass is 32.1. The Morgan fingerprint density at radius 2 is 1.85 bits per heavy atom. The summed E-state index contributed by atoms with van der Waals surface area (Å²) in [5.41, 5.74) is 0.833. The number of halogens is 1. The van der Waals surface area contributed by atoms with Crippen molar-refractivity contribution >= 4 is 39.9 Å². The van der Waals surface area contributed by atoms with E-state index in [2.05, 4.69) is 4.98 Å². The molecule has 0 spiro atoms. The molecule has 1 N–H and O–H groups in total. The molecule has 1 unspecified atom stereocenters. The fourth-order valence-corrected chi connectivity index (χ4v) is 5.23. The summed E-state index contributed by atoms with van der Waals surface area (Å²) in [7, 11) is 1.45. The minimum absolute atomic E-state index is 0.0292. The van der Waals surface area contributed by atoms with Gasteiger partial charge >= 0.3 is 11.9 Å². The molecule has 3 aromatic rings. The van der Waals surface area contributed by atoms with Gasteiger partial charge in [-0.1, -0.05) is 29.5 Å². The minimum atomic E-state index is -1.17. The Labute approximate surface area is 228 Å². The van der Waals surface area contributed by atoms with Gasteiger partial charge in [0.05, 0.1) is 37.6 Å². The number of carbonyl (C=O) groups excluding carboxylic acids is 3. The number of methoxy groups -OCH3 is 1. The molecule has 4 rings (SSSR count). The first-order valence-corrected chi connectivity index (χ1v) is 13.0. The quantitative estimate of drug-likeness (QED) is 0.177. The molecule has 0 radical (unpaired) electrons. The number of hydrogen-bond donors (Lipinski definition) is 1. The summed E-state index contributed by atoms with van der Waals surface area (Å²) in [6.45, 7) is 7.16. The summed E-state index contributed by atoms with van der Waals surface area (Å²) in [6, 6.07) is 7.70. The van der Waals surface area contributed by atoms with E-state index in [1.807, 2.05) is 6.92 Å². The third-order valence-corrected chi connectivity index (χ3v) is 7.28. The number of esters is 1. The van der Waals surface area contributed by atoms with E-state index in [1.165, 1.54) is 19.2 Å². The van der Waals surface area contributed by atoms with Crippen LogP contribution in [0.4, 0.5) is 9.52 Å². The van der Waals surface area contributed by atoms with Crippen LogP contribution in [0.3, 0.4) is 0 Å². The number of anilines is 1. The van der Waals surface area contributed by atoms with Crippen molar-refractivity contribution < 1.29 is 38.1 Å². The lowest BCUT2D eigenvalue weighted by molar-refractivity contribution is -0.132. The van der Waals surface area contributed by atoms with Crippen LogP contribution in [0.2, 0.25) is 0 Å². The molecular weight excluding hydrogens is 527 g/mol. The standard InChI is InChI=1S/C28H27FN2O7S/c1-6-37-19-11-10-16(13-20(19)36-5)22-21(23(32)17-9-8-14(3)18(29)12-17)24(33)26(34)31(22)28-30-15(4)25(39-28)27(35)38-7-2/h8-13,22,32H,6-7H2,1-5H3/b23-21+. The number of thiazole rings is 1. The van der Waals surface area contributed by atoms with Gasteiger partial charge in [0, 0.05) is 5.56 Å². The summed E-state index contributed by atoms with van der Waals surface area (Å²) in [5.74, 6) is -2.92. The Hall–Kier alpha value is -4.25. The third-order valence-electron chi connectivity index (χ3n) is 6.15. The van der Waals surface area contributed by atoms with Crippen LogP contribution in [-0.4, -0.2) is 48.1 Å². The summed E-state index contributed by atoms with van der Waals surface area (Å²) < 4.78 is 30.5. The number of ether oxygens (including phenoxy) is 3. The van der Waals surface area contributed by atoms with Crippen molar-refractivity contribution in [1.29, 1.82) is 0 Å². The van der Waals surface area contributed by atoms with Crippen LogP contribution in [0.25, 0.3) is 5.76 Å². The summed E-state index contributed by atoms with van der Waals surface area (Å²) in [6.07, 6.45) is 0. The molecule has 1 aromatic heterocycles. The number of Topliss-reactive ketones (excluding diaryl/α,β-unsaturated/α-hetero) is 1. The molecule has 0 saturated carbocycles. The van der Waals surface area contributed by atoms with Crippen molar-refractivity contribution in [2.24, 2.45) is 0 Å². The minimum Gasteiger partial charge on any atom is -0.507 e. The fraction of sp³-hybridized carbons (Fsp3) is 0.286. The molecule has 11 heteroatoms. The largest absolute Gasteiger partial charge is 0.507 e. The van der Waals surface area contributed by atoms with Crippen molar-refractivity contribution in [3.63, 3.8) is 0 Å². The van der Waals surface area contributed by atoms with Gasteiger partial charge in [-0.15, -0.1) is 0 Å². The molecular formula is C28H27FN2O7S. The van der Waals surface area contributed by atoms with Gasteiger partial charge in [0.15, 0.2) is 16.6 Å². The summed E-state index contributed by atoms with van der Waals surface area (Å²) >= 11 is 0.891. The van der Waals surface area contributed by atoms with Gasteiger partial charge in [0.25, 0.3) is 5.78 Å². The Balaban J connectivity index is 1.95. The molecule has 0 aliphatic carbocycles. The molecule has 9 nitrogen and oxygen atoms in total. The van der Waals surface area contributed by atoms with Crippen molar-refractivity contribution in [1.82, 2.24) is 4.98 Å². The molecule has 1 fully saturated rings. The lowest BCUT2D eigenvalue weighted by Gasteiger charge is -2.24. The highest BCUT2D eigenvalue weighted by Crippen LogP contribution is 2.45. The molecule has 1 aliphatic rings. The van der Waals surface area contributed by atoms with Crippen molar-refractivity contribution in [3.8, 4) is 11.5 Å². The Bertz CT molecular complexity index is 1500. The zero-order valence-corrected chi connectivity index (χ0v) is 22.8. The average Bonchev–Trinajstić information content (AvgIpc) is 3.42. The molecule has 204 valence electrons. The zero-order chi connectivity index (χ0) is 28.4. The fourth-order valence-electron chi connectivity index (χ4n) is 4.24. The molecule has 1 atom stereocenters. The smallest absolute Gasteiger partial charge is 0.350 e. The van der Waals surface area contributed by atoms with E-state index >= 15 is 0 Å². The number of benzene rings is 2. The maximum atomic E-state index is 14.4. The van der Waals surface area contributed by atoms with Gasteiger partial charge < -0.3 is 19.3 Å². The highest BCUT2D eigenvalue weighted by molar-refractivity contribution is 7.17. The summed E-state index contributed by atoms with van der Waals surface area (Å²) in [5, 5.41) is 11.3. The topological polar surface area (TPSA) is 115 Å². The predicted octanol–water partition coefficient (Wildman–Crippen LogP) is 5.11. The lowest BCUT2D eigenvalue weighted by Crippen LogP contribution is -2.29. The van der Waals surface area contributed by atoms with E-state index in [0.717, 1.165) is 22.3 Å². The van der Waals surface area contributed by atoms with Crippen LogP contribution < -0.4 is 14.4 Å². The number of hydrogen-bond acceptors (Lipinski definition) is 9. The molecule has 1 aliphatic heterocycles. The van der Waals surface area contributed by atoms with Gasteiger partial charge in [-0.25, -0.2) is 14.2 Å². The van der Waals surface area contributed by atoms with E-state index in [-0.39, 0.29) is 27.8 Å². The number of aliphatic hydroxyl groups is 1. The van der Waals surface area contributed by atoms with Crippen molar-refractivity contribution in [3.05, 3.63) is 75.0 Å². The van der Waals surface area contributed by atoms with Crippen LogP contribution in [0.5, 0.6) is 11.5 Å². The Morgan fingerprint density at radius 3 is 2.49 bits per heavy atom. The number of aromatic nitrogens is 1. The number of rotatable bonds is 8. The van der Waals surface area contributed by atoms with E-state index in [0.29, 0.717) is 34.9 Å². The lowest BCUT2D eigenvalue weighted by atomic mass is 9.94. The zero-order valence-electron chi connectivity index (χ0n) is 22.0. The van der Waals surface area contributed by atoms with Gasteiger partial charge in [-0.3, -0.25) is 14.5 Å². The van der Waals surface area contributed by atoms with E-state index < -0.39 is 35.3 Å². The molecule has 2 aromatic carbocycles. The van der Waals surface area contributed by atoms with Crippen molar-refractivity contribution in [2.45, 2.75) is 33.7 Å². The SMILES string of the molecule is CCOC(=O)c1sc(N2C(=O)C(=O)/C(=C(/O)c3ccc(C)c(F)c3)C2c2ccc(OCC)c(OC)c2)nc1C. The van der Waals surface area contributed by atoms with Crippen molar-refractivity contribution in [2.75, 3.05) is 25.2 Å². The van der Waals surface area contributed by atoms with Crippen LogP contribution in [0.15, 0.2) is 42.0 Å². The average molecular weight is 555 g/mol. The predicted molar refractivity (Wildman–Crippen MR) is 143 cm³/mol. The number of aliphatic hydroxyl groups excluding tert-OH is 1. The number of ketones is 1. The molecule has 39 heavy (non-hydrogen) atoms. The number of nitrogens with zero attached hydrogens (tertiary/aromatic N) is 2. The first-order chi connectivity index (χ1) is 18.6. The third kappa shape index (κ3) is 5.09. The molecule has 1 amide bonds. The second kappa shape index (κ2) is 11.2. The van der Waals surface area contributed by atoms with E-state index in [1.54, 1.807) is 39.0 Å². The van der Waals surface area contributed by atoms with E-state index in [4.69, 9.17) is 14.2 Å². The normalized spacial score (nSPS) is 16.5. The van der Waals surface area contributed by atoms with Gasteiger partial charge in [-0.05, 0) is 57.0 Å². The van der Waals surface area contributed by atoms with Crippen LogP contribution >= 0.6 is 11.3 Å². The van der Waals surface area contributed by atoms with E-state index in [9.17, 15) is 23.9 Å². The Kier molecular flexibility index (Phi) is 8.01. The molecule has 2 heterocycles. The molecule has 1 saturated heterocycles. The monoisotopic (exact) mass is 554 g/mol. The first-order valence-electron chi connectivity index (χ1n) is 12.2.